The first-order valence-electron chi connectivity index (χ1n) is 3.57. The summed E-state index contributed by atoms with van der Waals surface area (Å²) in [6.07, 6.45) is 3.41. The van der Waals surface area contributed by atoms with Gasteiger partial charge in [-0.3, -0.25) is 0 Å². The van der Waals surface area contributed by atoms with Crippen LogP contribution >= 0.6 is 0 Å². The van der Waals surface area contributed by atoms with E-state index in [0.29, 0.717) is 6.10 Å². The summed E-state index contributed by atoms with van der Waals surface area (Å²) < 4.78 is 5.23. The fourth-order valence-electron chi connectivity index (χ4n) is 1.22. The molecule has 3 aliphatic rings. The minimum atomic E-state index is 0.690. The third-order valence-electron chi connectivity index (χ3n) is 1.76. The molecule has 48 valence electrons. The average Bonchev–Trinajstić information content (AvgIpc) is 2.24. The first-order valence-corrected chi connectivity index (χ1v) is 3.57. The van der Waals surface area contributed by atoms with Gasteiger partial charge < -0.3 is 4.74 Å². The molecule has 0 aromatic carbocycles. The van der Waals surface area contributed by atoms with Crippen LogP contribution in [-0.4, -0.2) is 12.7 Å². The first kappa shape index (κ1) is 6.09. The zero-order valence-electron chi connectivity index (χ0n) is 5.68. The largest absolute Gasteiger partial charge is 0.378 e. The predicted octanol–water partition coefficient (Wildman–Crippen LogP) is 1.82. The quantitative estimate of drug-likeness (QED) is 0.466. The number of fused-ring (bicyclic) bond motifs is 1. The van der Waals surface area contributed by atoms with Gasteiger partial charge in [0.1, 0.15) is 0 Å². The maximum absolute atomic E-state index is 5.23. The molecule has 0 amide bonds. The molecule has 3 rings (SSSR count). The van der Waals surface area contributed by atoms with E-state index >= 15 is 0 Å². The molecule has 2 saturated heterocycles. The van der Waals surface area contributed by atoms with Crippen molar-refractivity contribution in [2.45, 2.75) is 32.8 Å². The normalized spacial score (nSPS) is 39.8. The Hall–Kier alpha value is -0.0400. The van der Waals surface area contributed by atoms with Crippen LogP contribution in [0.4, 0.5) is 0 Å². The standard InChI is InChI=1S/C5H8O.C2H6/c1-4-2-5(1)6-3-4;1-2/h4-5H,1-3H2;1-2H3. The molecule has 2 heterocycles. The summed E-state index contributed by atoms with van der Waals surface area (Å²) in [7, 11) is 0. The molecule has 1 aliphatic carbocycles. The summed E-state index contributed by atoms with van der Waals surface area (Å²) in [5.41, 5.74) is 0. The van der Waals surface area contributed by atoms with Crippen LogP contribution in [0.1, 0.15) is 26.7 Å². The van der Waals surface area contributed by atoms with Gasteiger partial charge in [0.25, 0.3) is 0 Å². The zero-order chi connectivity index (χ0) is 5.98. The lowest BCUT2D eigenvalue weighted by atomic mass is 9.87. The van der Waals surface area contributed by atoms with Crippen LogP contribution < -0.4 is 0 Å². The molecule has 0 spiro atoms. The number of rotatable bonds is 0. The van der Waals surface area contributed by atoms with Gasteiger partial charge in [-0.05, 0) is 18.8 Å². The van der Waals surface area contributed by atoms with Crippen molar-refractivity contribution in [3.8, 4) is 0 Å². The Kier molecular flexibility index (Phi) is 1.90. The van der Waals surface area contributed by atoms with Gasteiger partial charge in [0.2, 0.25) is 0 Å². The van der Waals surface area contributed by atoms with E-state index in [4.69, 9.17) is 4.74 Å². The zero-order valence-corrected chi connectivity index (χ0v) is 5.68. The molecule has 2 aliphatic heterocycles. The molecule has 0 N–H and O–H groups in total. The van der Waals surface area contributed by atoms with Gasteiger partial charge in [-0.2, -0.15) is 0 Å². The predicted molar refractivity (Wildman–Crippen MR) is 33.8 cm³/mol. The van der Waals surface area contributed by atoms with Crippen LogP contribution in [0.5, 0.6) is 0 Å². The lowest BCUT2D eigenvalue weighted by molar-refractivity contribution is 0.125. The topological polar surface area (TPSA) is 9.23 Å². The van der Waals surface area contributed by atoms with Gasteiger partial charge in [0.15, 0.2) is 0 Å². The van der Waals surface area contributed by atoms with E-state index < -0.39 is 0 Å². The first-order chi connectivity index (χ1) is 3.95. The summed E-state index contributed by atoms with van der Waals surface area (Å²) in [5.74, 6) is 0.968. The second-order valence-corrected chi connectivity index (χ2v) is 2.29. The van der Waals surface area contributed by atoms with Crippen LogP contribution in [0.15, 0.2) is 0 Å². The number of ether oxygens (including phenoxy) is 1. The van der Waals surface area contributed by atoms with Crippen molar-refractivity contribution in [1.29, 1.82) is 0 Å². The second kappa shape index (κ2) is 2.49. The fraction of sp³-hybridized carbons (Fsp3) is 1.00. The van der Waals surface area contributed by atoms with Crippen molar-refractivity contribution >= 4 is 0 Å². The summed E-state index contributed by atoms with van der Waals surface area (Å²) in [6.45, 7) is 5.06. The van der Waals surface area contributed by atoms with Crippen LogP contribution in [0.2, 0.25) is 0 Å². The van der Waals surface area contributed by atoms with Crippen LogP contribution in [0.25, 0.3) is 0 Å². The van der Waals surface area contributed by atoms with Gasteiger partial charge in [-0.1, -0.05) is 13.8 Å². The molecule has 3 fully saturated rings. The van der Waals surface area contributed by atoms with E-state index in [0.717, 1.165) is 12.5 Å². The van der Waals surface area contributed by atoms with Gasteiger partial charge in [-0.25, -0.2) is 0 Å². The maximum atomic E-state index is 5.23. The molecular formula is C7H14O. The lowest BCUT2D eigenvalue weighted by Crippen LogP contribution is -2.17. The molecule has 1 saturated carbocycles. The summed E-state index contributed by atoms with van der Waals surface area (Å²) >= 11 is 0. The van der Waals surface area contributed by atoms with E-state index in [1.54, 1.807) is 0 Å². The smallest absolute Gasteiger partial charge is 0.0582 e. The molecular weight excluding hydrogens is 100 g/mol. The van der Waals surface area contributed by atoms with Crippen LogP contribution in [0.3, 0.4) is 0 Å². The van der Waals surface area contributed by atoms with Gasteiger partial charge in [0, 0.05) is 6.61 Å². The molecule has 8 heavy (non-hydrogen) atoms. The molecule has 0 radical (unpaired) electrons. The summed E-state index contributed by atoms with van der Waals surface area (Å²) in [4.78, 5) is 0. The molecule has 2 bridgehead atoms. The third-order valence-corrected chi connectivity index (χ3v) is 1.76. The third kappa shape index (κ3) is 0.873. The highest BCUT2D eigenvalue weighted by atomic mass is 16.5. The Morgan fingerprint density at radius 1 is 1.25 bits per heavy atom. The monoisotopic (exact) mass is 114 g/mol. The van der Waals surface area contributed by atoms with Crippen molar-refractivity contribution in [2.24, 2.45) is 5.92 Å². The van der Waals surface area contributed by atoms with Gasteiger partial charge in [-0.15, -0.1) is 0 Å². The van der Waals surface area contributed by atoms with Crippen LogP contribution in [-0.2, 0) is 4.74 Å². The van der Waals surface area contributed by atoms with E-state index in [2.05, 4.69) is 0 Å². The Morgan fingerprint density at radius 3 is 2.00 bits per heavy atom. The SMILES string of the molecule is C1OC2CC1C2.CC. The molecule has 0 atom stereocenters. The van der Waals surface area contributed by atoms with E-state index in [1.807, 2.05) is 13.8 Å². The molecule has 1 heteroatoms. The Morgan fingerprint density at radius 2 is 1.88 bits per heavy atom. The van der Waals surface area contributed by atoms with Crippen molar-refractivity contribution in [2.75, 3.05) is 6.61 Å². The molecule has 1 nitrogen and oxygen atoms in total. The maximum Gasteiger partial charge on any atom is 0.0582 e. The van der Waals surface area contributed by atoms with Crippen molar-refractivity contribution in [3.05, 3.63) is 0 Å². The van der Waals surface area contributed by atoms with Crippen molar-refractivity contribution in [3.63, 3.8) is 0 Å². The van der Waals surface area contributed by atoms with Crippen molar-refractivity contribution in [1.82, 2.24) is 0 Å². The van der Waals surface area contributed by atoms with Gasteiger partial charge >= 0.3 is 0 Å². The fourth-order valence-corrected chi connectivity index (χ4v) is 1.22. The van der Waals surface area contributed by atoms with E-state index in [1.165, 1.54) is 12.8 Å². The van der Waals surface area contributed by atoms with Crippen LogP contribution in [0, 0.1) is 5.92 Å². The highest BCUT2D eigenvalue weighted by Crippen LogP contribution is 2.37. The number of hydrogen-bond acceptors (Lipinski definition) is 1. The highest BCUT2D eigenvalue weighted by molar-refractivity contribution is 4.86. The minimum absolute atomic E-state index is 0.690. The molecule has 0 aromatic heterocycles. The Labute approximate surface area is 51.0 Å². The summed E-state index contributed by atoms with van der Waals surface area (Å²) in [6, 6.07) is 0. The molecule has 0 unspecified atom stereocenters. The van der Waals surface area contributed by atoms with E-state index in [-0.39, 0.29) is 0 Å². The number of hydrogen-bond donors (Lipinski definition) is 0. The molecule has 0 aromatic rings. The highest BCUT2D eigenvalue weighted by Gasteiger charge is 2.36. The second-order valence-electron chi connectivity index (χ2n) is 2.29. The lowest BCUT2D eigenvalue weighted by Gasteiger charge is -2.17. The Bertz CT molecular complexity index is 51.3. The summed E-state index contributed by atoms with van der Waals surface area (Å²) in [5, 5.41) is 0. The van der Waals surface area contributed by atoms with Gasteiger partial charge in [0.05, 0.1) is 6.10 Å². The Balaban J connectivity index is 0.000000147. The minimum Gasteiger partial charge on any atom is -0.378 e. The van der Waals surface area contributed by atoms with E-state index in [9.17, 15) is 0 Å². The average molecular weight is 114 g/mol. The van der Waals surface area contributed by atoms with Crippen molar-refractivity contribution < 1.29 is 4.74 Å².